The Kier molecular flexibility index (Phi) is 5.32. The van der Waals surface area contributed by atoms with Crippen LogP contribution in [0.15, 0.2) is 18.2 Å². The number of benzene rings is 1. The first-order valence-corrected chi connectivity index (χ1v) is 6.84. The Labute approximate surface area is 125 Å². The SMILES string of the molecule is Cc1ccc(NN)c(C(=O)NC(C)C(=O)NC(C)(C)C)c1. The molecular formula is C15H24N4O2. The van der Waals surface area contributed by atoms with Gasteiger partial charge in [-0.25, -0.2) is 0 Å². The van der Waals surface area contributed by atoms with Crippen LogP contribution in [0.4, 0.5) is 5.69 Å². The second-order valence-electron chi connectivity index (χ2n) is 6.13. The maximum atomic E-state index is 12.3. The lowest BCUT2D eigenvalue weighted by molar-refractivity contribution is -0.124. The molecule has 21 heavy (non-hydrogen) atoms. The minimum Gasteiger partial charge on any atom is -0.350 e. The Hall–Kier alpha value is -2.08. The van der Waals surface area contributed by atoms with Gasteiger partial charge in [-0.05, 0) is 46.8 Å². The highest BCUT2D eigenvalue weighted by Crippen LogP contribution is 2.16. The molecule has 1 unspecified atom stereocenters. The second-order valence-corrected chi connectivity index (χ2v) is 6.13. The van der Waals surface area contributed by atoms with E-state index in [0.717, 1.165) is 5.56 Å². The predicted octanol–water partition coefficient (Wildman–Crippen LogP) is 1.31. The van der Waals surface area contributed by atoms with E-state index < -0.39 is 6.04 Å². The van der Waals surface area contributed by atoms with Gasteiger partial charge in [-0.2, -0.15) is 0 Å². The summed E-state index contributed by atoms with van der Waals surface area (Å²) in [5.41, 5.74) is 4.00. The van der Waals surface area contributed by atoms with Crippen LogP contribution in [0.3, 0.4) is 0 Å². The van der Waals surface area contributed by atoms with Crippen LogP contribution in [0.2, 0.25) is 0 Å². The third-order valence-electron chi connectivity index (χ3n) is 2.81. The highest BCUT2D eigenvalue weighted by molar-refractivity contribution is 6.01. The van der Waals surface area contributed by atoms with Crippen LogP contribution in [0.25, 0.3) is 0 Å². The van der Waals surface area contributed by atoms with Gasteiger partial charge >= 0.3 is 0 Å². The fraction of sp³-hybridized carbons (Fsp3) is 0.467. The van der Waals surface area contributed by atoms with Crippen LogP contribution in [0.1, 0.15) is 43.6 Å². The molecule has 116 valence electrons. The van der Waals surface area contributed by atoms with Crippen LogP contribution in [0, 0.1) is 6.92 Å². The van der Waals surface area contributed by atoms with Crippen LogP contribution < -0.4 is 21.9 Å². The van der Waals surface area contributed by atoms with Gasteiger partial charge in [-0.3, -0.25) is 15.4 Å². The summed E-state index contributed by atoms with van der Waals surface area (Å²) in [6.07, 6.45) is 0. The number of nitrogens with one attached hydrogen (secondary N) is 3. The van der Waals surface area contributed by atoms with Gasteiger partial charge in [-0.15, -0.1) is 0 Å². The number of carbonyl (C=O) groups is 2. The van der Waals surface area contributed by atoms with Crippen molar-refractivity contribution >= 4 is 17.5 Å². The molecule has 1 atom stereocenters. The summed E-state index contributed by atoms with van der Waals surface area (Å²) < 4.78 is 0. The first-order chi connectivity index (χ1) is 9.64. The molecule has 0 spiro atoms. The Bertz CT molecular complexity index is 535. The number of hydrogen-bond acceptors (Lipinski definition) is 4. The fourth-order valence-corrected chi connectivity index (χ4v) is 1.79. The largest absolute Gasteiger partial charge is 0.350 e. The lowest BCUT2D eigenvalue weighted by atomic mass is 10.1. The summed E-state index contributed by atoms with van der Waals surface area (Å²) in [7, 11) is 0. The normalized spacial score (nSPS) is 12.5. The molecule has 5 N–H and O–H groups in total. The van der Waals surface area contributed by atoms with E-state index in [-0.39, 0.29) is 17.4 Å². The van der Waals surface area contributed by atoms with Crippen LogP contribution in [-0.4, -0.2) is 23.4 Å². The van der Waals surface area contributed by atoms with Gasteiger partial charge in [0.2, 0.25) is 5.91 Å². The molecule has 1 aromatic rings. The van der Waals surface area contributed by atoms with E-state index in [1.165, 1.54) is 0 Å². The lowest BCUT2D eigenvalue weighted by Crippen LogP contribution is -2.50. The topological polar surface area (TPSA) is 96.2 Å². The van der Waals surface area contributed by atoms with E-state index in [9.17, 15) is 9.59 Å². The van der Waals surface area contributed by atoms with Gasteiger partial charge in [0.1, 0.15) is 6.04 Å². The van der Waals surface area contributed by atoms with E-state index >= 15 is 0 Å². The number of amides is 2. The summed E-state index contributed by atoms with van der Waals surface area (Å²) >= 11 is 0. The Morgan fingerprint density at radius 2 is 1.86 bits per heavy atom. The summed E-state index contributed by atoms with van der Waals surface area (Å²) in [4.78, 5) is 24.3. The average molecular weight is 292 g/mol. The van der Waals surface area contributed by atoms with Crippen LogP contribution in [-0.2, 0) is 4.79 Å². The predicted molar refractivity (Wildman–Crippen MR) is 83.8 cm³/mol. The molecule has 6 nitrogen and oxygen atoms in total. The molecule has 1 aromatic carbocycles. The zero-order valence-corrected chi connectivity index (χ0v) is 13.2. The van der Waals surface area contributed by atoms with Crippen molar-refractivity contribution in [3.8, 4) is 0 Å². The zero-order valence-electron chi connectivity index (χ0n) is 13.2. The molecular weight excluding hydrogens is 268 g/mol. The number of aryl methyl sites for hydroxylation is 1. The third-order valence-corrected chi connectivity index (χ3v) is 2.81. The van der Waals surface area contributed by atoms with Crippen molar-refractivity contribution in [2.24, 2.45) is 5.84 Å². The quantitative estimate of drug-likeness (QED) is 0.497. The summed E-state index contributed by atoms with van der Waals surface area (Å²) in [6, 6.07) is 4.66. The lowest BCUT2D eigenvalue weighted by Gasteiger charge is -2.24. The van der Waals surface area contributed by atoms with Crippen molar-refractivity contribution in [3.63, 3.8) is 0 Å². The number of hydrazine groups is 1. The molecule has 0 heterocycles. The Balaban J connectivity index is 2.81. The molecule has 0 aromatic heterocycles. The highest BCUT2D eigenvalue weighted by Gasteiger charge is 2.22. The van der Waals surface area contributed by atoms with E-state index in [1.54, 1.807) is 19.1 Å². The molecule has 0 aliphatic carbocycles. The van der Waals surface area contributed by atoms with Crippen molar-refractivity contribution in [1.82, 2.24) is 10.6 Å². The van der Waals surface area contributed by atoms with Crippen molar-refractivity contribution in [2.45, 2.75) is 46.2 Å². The molecule has 0 aliphatic rings. The van der Waals surface area contributed by atoms with Gasteiger partial charge < -0.3 is 16.1 Å². The standard InChI is InChI=1S/C15H24N4O2/c1-9-6-7-12(19-16)11(8-9)14(21)17-10(2)13(20)18-15(3,4)5/h6-8,10,19H,16H2,1-5H3,(H,17,21)(H,18,20). The summed E-state index contributed by atoms with van der Waals surface area (Å²) in [5.74, 6) is 4.83. The average Bonchev–Trinajstić information content (AvgIpc) is 2.36. The number of nitrogen functional groups attached to an aromatic ring is 1. The maximum absolute atomic E-state index is 12.3. The van der Waals surface area contributed by atoms with Gasteiger partial charge in [0.15, 0.2) is 0 Å². The van der Waals surface area contributed by atoms with Crippen LogP contribution in [0.5, 0.6) is 0 Å². The zero-order chi connectivity index (χ0) is 16.2. The number of anilines is 1. The summed E-state index contributed by atoms with van der Waals surface area (Å²) in [6.45, 7) is 9.18. The molecule has 0 bridgehead atoms. The molecule has 0 saturated heterocycles. The monoisotopic (exact) mass is 292 g/mol. The summed E-state index contributed by atoms with van der Waals surface area (Å²) in [5, 5.41) is 5.50. The van der Waals surface area contributed by atoms with E-state index in [4.69, 9.17) is 5.84 Å². The Morgan fingerprint density at radius 1 is 1.24 bits per heavy atom. The van der Waals surface area contributed by atoms with Gasteiger partial charge in [-0.1, -0.05) is 11.6 Å². The van der Waals surface area contributed by atoms with E-state index in [0.29, 0.717) is 11.3 Å². The van der Waals surface area contributed by atoms with Gasteiger partial charge in [0.05, 0.1) is 11.3 Å². The van der Waals surface area contributed by atoms with Crippen molar-refractivity contribution in [3.05, 3.63) is 29.3 Å². The van der Waals surface area contributed by atoms with Crippen molar-refractivity contribution in [2.75, 3.05) is 5.43 Å². The number of carbonyl (C=O) groups excluding carboxylic acids is 2. The van der Waals surface area contributed by atoms with Gasteiger partial charge in [0, 0.05) is 5.54 Å². The van der Waals surface area contributed by atoms with Crippen molar-refractivity contribution in [1.29, 1.82) is 0 Å². The minimum atomic E-state index is -0.636. The molecule has 6 heteroatoms. The fourth-order valence-electron chi connectivity index (χ4n) is 1.79. The Morgan fingerprint density at radius 3 is 2.38 bits per heavy atom. The molecule has 0 saturated carbocycles. The molecule has 0 fully saturated rings. The number of nitrogens with two attached hydrogens (primary N) is 1. The molecule has 0 radical (unpaired) electrons. The van der Waals surface area contributed by atoms with Crippen molar-refractivity contribution < 1.29 is 9.59 Å². The minimum absolute atomic E-state index is 0.231. The maximum Gasteiger partial charge on any atom is 0.254 e. The first-order valence-electron chi connectivity index (χ1n) is 6.84. The van der Waals surface area contributed by atoms with Crippen LogP contribution >= 0.6 is 0 Å². The second kappa shape index (κ2) is 6.58. The third kappa shape index (κ3) is 5.07. The molecule has 1 rings (SSSR count). The first kappa shape index (κ1) is 17.0. The molecule has 0 aliphatic heterocycles. The smallest absolute Gasteiger partial charge is 0.254 e. The molecule has 2 amide bonds. The van der Waals surface area contributed by atoms with E-state index in [2.05, 4.69) is 16.1 Å². The van der Waals surface area contributed by atoms with E-state index in [1.807, 2.05) is 33.8 Å². The highest BCUT2D eigenvalue weighted by atomic mass is 16.2. The number of hydrogen-bond donors (Lipinski definition) is 4. The number of rotatable bonds is 4. The van der Waals surface area contributed by atoms with Gasteiger partial charge in [0.25, 0.3) is 5.91 Å².